The minimum atomic E-state index is -0.513. The number of amides is 1. The fraction of sp³-hybridized carbons (Fsp3) is 0.750. The highest BCUT2D eigenvalue weighted by Crippen LogP contribution is 2.49. The van der Waals surface area contributed by atoms with Gasteiger partial charge in [-0.3, -0.25) is 4.79 Å². The summed E-state index contributed by atoms with van der Waals surface area (Å²) in [6.45, 7) is 4.23. The molecule has 2 aliphatic rings. The summed E-state index contributed by atoms with van der Waals surface area (Å²) in [5.41, 5.74) is 0.700. The van der Waals surface area contributed by atoms with E-state index in [2.05, 4.69) is 17.3 Å². The molecule has 126 valence electrons. The van der Waals surface area contributed by atoms with Crippen molar-refractivity contribution < 1.29 is 9.72 Å². The summed E-state index contributed by atoms with van der Waals surface area (Å²) in [4.78, 5) is 22.4. The number of rotatable bonds is 6. The Labute approximate surface area is 135 Å². The molecule has 7 heteroatoms. The lowest BCUT2D eigenvalue weighted by molar-refractivity contribution is -0.389. The van der Waals surface area contributed by atoms with Gasteiger partial charge in [-0.2, -0.15) is 4.68 Å². The lowest BCUT2D eigenvalue weighted by Crippen LogP contribution is -2.40. The number of fused-ring (bicyclic) bond motifs is 2. The van der Waals surface area contributed by atoms with Gasteiger partial charge < -0.3 is 15.4 Å². The number of carbonyl (C=O) groups is 1. The maximum Gasteiger partial charge on any atom is 0.390 e. The van der Waals surface area contributed by atoms with E-state index in [9.17, 15) is 14.9 Å². The Hall–Kier alpha value is -1.92. The van der Waals surface area contributed by atoms with Gasteiger partial charge in [0, 0.05) is 12.5 Å². The second kappa shape index (κ2) is 6.29. The zero-order chi connectivity index (χ0) is 16.6. The zero-order valence-corrected chi connectivity index (χ0v) is 13.7. The van der Waals surface area contributed by atoms with Gasteiger partial charge in [0.05, 0.1) is 23.4 Å². The number of aryl methyl sites for hydroxylation is 2. The van der Waals surface area contributed by atoms with Crippen LogP contribution in [0.5, 0.6) is 0 Å². The SMILES string of the molecule is Cc1cc([N+](=O)[O-])nn1CCC(=O)NC(C)C1CC2CCC1C2. The Morgan fingerprint density at radius 2 is 2.30 bits per heavy atom. The van der Waals surface area contributed by atoms with Crippen molar-refractivity contribution in [2.45, 2.75) is 58.5 Å². The molecule has 4 atom stereocenters. The molecule has 1 N–H and O–H groups in total. The highest BCUT2D eigenvalue weighted by molar-refractivity contribution is 5.76. The van der Waals surface area contributed by atoms with Crippen molar-refractivity contribution in [3.05, 3.63) is 21.9 Å². The van der Waals surface area contributed by atoms with E-state index in [0.29, 0.717) is 24.6 Å². The first-order valence-corrected chi connectivity index (χ1v) is 8.42. The Kier molecular flexibility index (Phi) is 4.37. The Bertz CT molecular complexity index is 612. The van der Waals surface area contributed by atoms with Gasteiger partial charge >= 0.3 is 5.82 Å². The number of hydrogen-bond donors (Lipinski definition) is 1. The van der Waals surface area contributed by atoms with E-state index in [1.807, 2.05) is 0 Å². The predicted octanol–water partition coefficient (Wildman–Crippen LogP) is 2.43. The molecular formula is C16H24N4O3. The molecule has 0 spiro atoms. The number of aromatic nitrogens is 2. The minimum Gasteiger partial charge on any atom is -0.358 e. The van der Waals surface area contributed by atoms with Crippen molar-refractivity contribution in [1.82, 2.24) is 15.1 Å². The topological polar surface area (TPSA) is 90.1 Å². The maximum absolute atomic E-state index is 12.2. The number of nitrogens with zero attached hydrogens (tertiary/aromatic N) is 3. The van der Waals surface area contributed by atoms with Crippen molar-refractivity contribution >= 4 is 11.7 Å². The van der Waals surface area contributed by atoms with Crippen LogP contribution in [0.25, 0.3) is 0 Å². The Balaban J connectivity index is 1.49. The summed E-state index contributed by atoms with van der Waals surface area (Å²) in [6, 6.07) is 1.64. The summed E-state index contributed by atoms with van der Waals surface area (Å²) in [5, 5.41) is 17.7. The van der Waals surface area contributed by atoms with Gasteiger partial charge in [0.1, 0.15) is 0 Å². The van der Waals surface area contributed by atoms with Crippen molar-refractivity contribution in [2.24, 2.45) is 17.8 Å². The molecule has 1 aromatic rings. The lowest BCUT2D eigenvalue weighted by atomic mass is 9.84. The van der Waals surface area contributed by atoms with E-state index >= 15 is 0 Å². The molecule has 2 aliphatic carbocycles. The molecule has 2 fully saturated rings. The highest BCUT2D eigenvalue weighted by Gasteiger charge is 2.42. The van der Waals surface area contributed by atoms with E-state index in [4.69, 9.17) is 0 Å². The Morgan fingerprint density at radius 1 is 1.52 bits per heavy atom. The van der Waals surface area contributed by atoms with Crippen LogP contribution in [0.4, 0.5) is 5.82 Å². The average molecular weight is 320 g/mol. The van der Waals surface area contributed by atoms with Crippen molar-refractivity contribution in [3.63, 3.8) is 0 Å². The molecule has 0 aromatic carbocycles. The number of carbonyl (C=O) groups excluding carboxylic acids is 1. The molecule has 1 amide bonds. The lowest BCUT2D eigenvalue weighted by Gasteiger charge is -2.28. The van der Waals surface area contributed by atoms with Gasteiger partial charge in [-0.1, -0.05) is 6.42 Å². The molecule has 1 heterocycles. The quantitative estimate of drug-likeness (QED) is 0.644. The first-order valence-electron chi connectivity index (χ1n) is 8.42. The molecule has 2 bridgehead atoms. The van der Waals surface area contributed by atoms with E-state index < -0.39 is 4.92 Å². The summed E-state index contributed by atoms with van der Waals surface area (Å²) in [7, 11) is 0. The molecule has 0 radical (unpaired) electrons. The van der Waals surface area contributed by atoms with Crippen LogP contribution in [0.15, 0.2) is 6.07 Å². The molecule has 23 heavy (non-hydrogen) atoms. The fourth-order valence-corrected chi connectivity index (χ4v) is 4.36. The van der Waals surface area contributed by atoms with Crippen LogP contribution >= 0.6 is 0 Å². The number of nitro groups is 1. The molecule has 3 rings (SSSR count). The molecule has 4 unspecified atom stereocenters. The number of nitrogens with one attached hydrogen (secondary N) is 1. The van der Waals surface area contributed by atoms with Crippen LogP contribution in [0, 0.1) is 34.8 Å². The largest absolute Gasteiger partial charge is 0.390 e. The van der Waals surface area contributed by atoms with Crippen LogP contribution < -0.4 is 5.32 Å². The maximum atomic E-state index is 12.2. The highest BCUT2D eigenvalue weighted by atomic mass is 16.6. The summed E-state index contributed by atoms with van der Waals surface area (Å²) < 4.78 is 1.53. The normalized spacial score (nSPS) is 27.1. The van der Waals surface area contributed by atoms with Crippen LogP contribution in [-0.2, 0) is 11.3 Å². The molecule has 0 saturated heterocycles. The third-order valence-corrected chi connectivity index (χ3v) is 5.53. The van der Waals surface area contributed by atoms with Crippen molar-refractivity contribution in [1.29, 1.82) is 0 Å². The standard InChI is InChI=1S/C16H24N4O3/c1-10-7-15(20(22)23)18-19(10)6-5-16(21)17-11(2)14-9-12-3-4-13(14)8-12/h7,11-14H,3-6,8-9H2,1-2H3,(H,17,21). The number of hydrogen-bond acceptors (Lipinski definition) is 4. The third-order valence-electron chi connectivity index (χ3n) is 5.53. The van der Waals surface area contributed by atoms with Gasteiger partial charge in [-0.15, -0.1) is 0 Å². The first kappa shape index (κ1) is 16.0. The second-order valence-corrected chi connectivity index (χ2v) is 7.07. The van der Waals surface area contributed by atoms with Crippen LogP contribution in [-0.4, -0.2) is 26.7 Å². The fourth-order valence-electron chi connectivity index (χ4n) is 4.36. The summed E-state index contributed by atoms with van der Waals surface area (Å²) in [6.07, 6.45) is 5.55. The van der Waals surface area contributed by atoms with Crippen molar-refractivity contribution in [3.8, 4) is 0 Å². The minimum absolute atomic E-state index is 0.00201. The van der Waals surface area contributed by atoms with Gasteiger partial charge in [0.15, 0.2) is 0 Å². The van der Waals surface area contributed by atoms with Crippen molar-refractivity contribution in [2.75, 3.05) is 0 Å². The first-order chi connectivity index (χ1) is 10.9. The Morgan fingerprint density at radius 3 is 2.87 bits per heavy atom. The summed E-state index contributed by atoms with van der Waals surface area (Å²) in [5.74, 6) is 2.10. The smallest absolute Gasteiger partial charge is 0.358 e. The molecule has 1 aromatic heterocycles. The second-order valence-electron chi connectivity index (χ2n) is 7.07. The van der Waals surface area contributed by atoms with E-state index in [-0.39, 0.29) is 17.8 Å². The van der Waals surface area contributed by atoms with Crippen LogP contribution in [0.1, 0.15) is 44.7 Å². The van der Waals surface area contributed by atoms with Gasteiger partial charge in [0.2, 0.25) is 5.91 Å². The summed E-state index contributed by atoms with van der Waals surface area (Å²) >= 11 is 0. The zero-order valence-electron chi connectivity index (χ0n) is 13.7. The molecule has 0 aliphatic heterocycles. The molecule has 2 saturated carbocycles. The molecular weight excluding hydrogens is 296 g/mol. The molecule has 7 nitrogen and oxygen atoms in total. The van der Waals surface area contributed by atoms with Crippen LogP contribution in [0.2, 0.25) is 0 Å². The van der Waals surface area contributed by atoms with E-state index in [1.54, 1.807) is 6.92 Å². The third kappa shape index (κ3) is 3.38. The van der Waals surface area contributed by atoms with Crippen LogP contribution in [0.3, 0.4) is 0 Å². The van der Waals surface area contributed by atoms with Gasteiger partial charge in [-0.05, 0) is 55.8 Å². The van der Waals surface area contributed by atoms with E-state index in [0.717, 1.165) is 11.8 Å². The van der Waals surface area contributed by atoms with Gasteiger partial charge in [0.25, 0.3) is 0 Å². The predicted molar refractivity (Wildman–Crippen MR) is 84.8 cm³/mol. The monoisotopic (exact) mass is 320 g/mol. The average Bonchev–Trinajstić information content (AvgIpc) is 3.20. The van der Waals surface area contributed by atoms with Gasteiger partial charge in [-0.25, -0.2) is 0 Å². The van der Waals surface area contributed by atoms with E-state index in [1.165, 1.54) is 36.4 Å².